The van der Waals surface area contributed by atoms with Gasteiger partial charge in [-0.3, -0.25) is 20.0 Å². The molecule has 29 heavy (non-hydrogen) atoms. The highest BCUT2D eigenvalue weighted by Gasteiger charge is 2.20. The van der Waals surface area contributed by atoms with Crippen LogP contribution < -0.4 is 10.2 Å². The summed E-state index contributed by atoms with van der Waals surface area (Å²) >= 11 is 6.02. The lowest BCUT2D eigenvalue weighted by atomic mass is 10.1. The summed E-state index contributed by atoms with van der Waals surface area (Å²) < 4.78 is 0.961. The highest BCUT2D eigenvalue weighted by atomic mass is 35.5. The van der Waals surface area contributed by atoms with Gasteiger partial charge < -0.3 is 15.7 Å². The number of fused-ring (bicyclic) bond motifs is 1. The Hall–Kier alpha value is -3.65. The van der Waals surface area contributed by atoms with Crippen LogP contribution in [-0.2, 0) is 11.3 Å². The Morgan fingerprint density at radius 2 is 1.86 bits per heavy atom. The van der Waals surface area contributed by atoms with Crippen LogP contribution in [0.4, 0.5) is 5.69 Å². The van der Waals surface area contributed by atoms with Crippen LogP contribution in [-0.4, -0.2) is 39.4 Å². The van der Waals surface area contributed by atoms with Gasteiger partial charge in [-0.15, -0.1) is 0 Å². The van der Waals surface area contributed by atoms with Crippen LogP contribution in [0, 0.1) is 5.41 Å². The number of carbonyl (C=O) groups excluding carboxylic acids is 1. The summed E-state index contributed by atoms with van der Waals surface area (Å²) in [5, 5.41) is 18.0. The van der Waals surface area contributed by atoms with Gasteiger partial charge in [0.25, 0.3) is 5.91 Å². The molecule has 1 amide bonds. The van der Waals surface area contributed by atoms with Crippen LogP contribution in [0.2, 0.25) is 0 Å². The standard InChI is InChI=1S/C20H18ClN5O3/c21-26(20(22)23)17-10-24-9-15-8-14(6-7-16(15)17)19(29)25(12-18(27)28)11-13-4-2-1-3-5-13/h1-10H,11-12H2,(H3,22,23)(H,27,28). The minimum Gasteiger partial charge on any atom is -0.480 e. The van der Waals surface area contributed by atoms with E-state index in [4.69, 9.17) is 22.9 Å². The van der Waals surface area contributed by atoms with Gasteiger partial charge in [0, 0.05) is 40.9 Å². The molecule has 0 bridgehead atoms. The molecule has 3 rings (SSSR count). The van der Waals surface area contributed by atoms with E-state index in [1.807, 2.05) is 30.3 Å². The third-order valence-electron chi connectivity index (χ3n) is 4.24. The number of anilines is 1. The molecule has 0 radical (unpaired) electrons. The van der Waals surface area contributed by atoms with Crippen LogP contribution in [0.3, 0.4) is 0 Å². The van der Waals surface area contributed by atoms with E-state index in [9.17, 15) is 14.7 Å². The molecule has 0 aliphatic heterocycles. The van der Waals surface area contributed by atoms with E-state index in [1.165, 1.54) is 11.1 Å². The Morgan fingerprint density at radius 3 is 2.52 bits per heavy atom. The first-order valence-corrected chi connectivity index (χ1v) is 8.93. The zero-order valence-corrected chi connectivity index (χ0v) is 16.0. The van der Waals surface area contributed by atoms with Crippen molar-refractivity contribution >= 4 is 46.1 Å². The molecule has 2 aromatic carbocycles. The lowest BCUT2D eigenvalue weighted by Gasteiger charge is -2.21. The molecule has 0 atom stereocenters. The van der Waals surface area contributed by atoms with Crippen molar-refractivity contribution in [3.05, 3.63) is 72.1 Å². The summed E-state index contributed by atoms with van der Waals surface area (Å²) in [5.74, 6) is -1.88. The molecule has 3 aromatic rings. The highest BCUT2D eigenvalue weighted by Crippen LogP contribution is 2.28. The minimum atomic E-state index is -1.10. The van der Waals surface area contributed by atoms with E-state index in [0.29, 0.717) is 22.0 Å². The number of aromatic nitrogens is 1. The number of nitrogens with one attached hydrogen (secondary N) is 1. The van der Waals surface area contributed by atoms with Crippen molar-refractivity contribution in [3.8, 4) is 0 Å². The number of amides is 1. The number of carboxylic acid groups (broad SMARTS) is 1. The second-order valence-corrected chi connectivity index (χ2v) is 6.64. The lowest BCUT2D eigenvalue weighted by Crippen LogP contribution is -2.35. The molecule has 0 saturated heterocycles. The second kappa shape index (κ2) is 8.57. The maximum absolute atomic E-state index is 13.0. The van der Waals surface area contributed by atoms with Gasteiger partial charge in [0.05, 0.1) is 11.9 Å². The van der Waals surface area contributed by atoms with E-state index in [-0.39, 0.29) is 12.5 Å². The van der Waals surface area contributed by atoms with Gasteiger partial charge in [-0.1, -0.05) is 36.4 Å². The smallest absolute Gasteiger partial charge is 0.323 e. The Morgan fingerprint density at radius 1 is 1.14 bits per heavy atom. The molecule has 9 heteroatoms. The molecule has 0 aliphatic carbocycles. The SMILES string of the molecule is N=C(N)N(Cl)c1cncc2cc(C(=O)N(CC(=O)O)Cc3ccccc3)ccc12. The summed E-state index contributed by atoms with van der Waals surface area (Å²) in [6, 6.07) is 14.0. The van der Waals surface area contributed by atoms with Crippen molar-refractivity contribution in [1.29, 1.82) is 5.41 Å². The van der Waals surface area contributed by atoms with E-state index in [2.05, 4.69) is 4.98 Å². The summed E-state index contributed by atoms with van der Waals surface area (Å²) in [6.45, 7) is -0.258. The molecular formula is C20H18ClN5O3. The van der Waals surface area contributed by atoms with Crippen molar-refractivity contribution in [1.82, 2.24) is 9.88 Å². The number of hydrogen-bond acceptors (Lipinski definition) is 4. The number of benzene rings is 2. The Balaban J connectivity index is 1.95. The molecule has 0 unspecified atom stereocenters. The van der Waals surface area contributed by atoms with Gasteiger partial charge in [0.15, 0.2) is 0 Å². The average Bonchev–Trinajstić information content (AvgIpc) is 2.71. The molecule has 0 fully saturated rings. The largest absolute Gasteiger partial charge is 0.480 e. The predicted octanol–water partition coefficient (Wildman–Crippen LogP) is 2.82. The van der Waals surface area contributed by atoms with Gasteiger partial charge in [0.1, 0.15) is 6.54 Å². The van der Waals surface area contributed by atoms with Gasteiger partial charge in [0.2, 0.25) is 5.96 Å². The number of nitrogens with zero attached hydrogens (tertiary/aromatic N) is 3. The third kappa shape index (κ3) is 4.61. The van der Waals surface area contributed by atoms with Crippen LogP contribution in [0.25, 0.3) is 10.8 Å². The monoisotopic (exact) mass is 411 g/mol. The van der Waals surface area contributed by atoms with E-state index in [0.717, 1.165) is 9.98 Å². The molecule has 1 heterocycles. The zero-order chi connectivity index (χ0) is 21.0. The fraction of sp³-hybridized carbons (Fsp3) is 0.100. The Kier molecular flexibility index (Phi) is 5.94. The second-order valence-electron chi connectivity index (χ2n) is 6.30. The highest BCUT2D eigenvalue weighted by molar-refractivity contribution is 6.38. The number of halogens is 1. The number of guanidine groups is 1. The number of nitrogens with two attached hydrogens (primary N) is 1. The molecule has 148 valence electrons. The molecule has 4 N–H and O–H groups in total. The zero-order valence-electron chi connectivity index (χ0n) is 15.2. The van der Waals surface area contributed by atoms with Crippen molar-refractivity contribution in [3.63, 3.8) is 0 Å². The molecule has 0 spiro atoms. The van der Waals surface area contributed by atoms with Gasteiger partial charge in [-0.05, 0) is 17.7 Å². The Bertz CT molecular complexity index is 1070. The van der Waals surface area contributed by atoms with Crippen LogP contribution >= 0.6 is 11.8 Å². The summed E-state index contributed by atoms with van der Waals surface area (Å²) in [5.41, 5.74) is 6.98. The predicted molar refractivity (Wildman–Crippen MR) is 111 cm³/mol. The van der Waals surface area contributed by atoms with Gasteiger partial charge >= 0.3 is 5.97 Å². The molecule has 1 aromatic heterocycles. The van der Waals surface area contributed by atoms with Crippen molar-refractivity contribution in [2.24, 2.45) is 5.73 Å². The number of rotatable bonds is 6. The fourth-order valence-corrected chi connectivity index (χ4v) is 3.06. The number of carbonyl (C=O) groups is 2. The van der Waals surface area contributed by atoms with Gasteiger partial charge in [-0.25, -0.2) is 4.42 Å². The first kappa shape index (κ1) is 20.1. The van der Waals surface area contributed by atoms with Crippen molar-refractivity contribution < 1.29 is 14.7 Å². The molecule has 8 nitrogen and oxygen atoms in total. The minimum absolute atomic E-state index is 0.169. The molecular weight excluding hydrogens is 394 g/mol. The molecule has 0 saturated carbocycles. The van der Waals surface area contributed by atoms with Crippen LogP contribution in [0.1, 0.15) is 15.9 Å². The number of aliphatic carboxylic acids is 1. The van der Waals surface area contributed by atoms with E-state index < -0.39 is 18.4 Å². The van der Waals surface area contributed by atoms with Crippen molar-refractivity contribution in [2.45, 2.75) is 6.54 Å². The van der Waals surface area contributed by atoms with Crippen molar-refractivity contribution in [2.75, 3.05) is 11.0 Å². The third-order valence-corrected chi connectivity index (χ3v) is 4.60. The number of carboxylic acids is 1. The quantitative estimate of drug-likeness (QED) is 0.325. The topological polar surface area (TPSA) is 124 Å². The first-order valence-electron chi connectivity index (χ1n) is 8.59. The summed E-state index contributed by atoms with van der Waals surface area (Å²) in [6.07, 6.45) is 3.02. The number of pyridine rings is 1. The van der Waals surface area contributed by atoms with Crippen LogP contribution in [0.5, 0.6) is 0 Å². The maximum Gasteiger partial charge on any atom is 0.323 e. The lowest BCUT2D eigenvalue weighted by molar-refractivity contribution is -0.137. The first-order chi connectivity index (χ1) is 13.9. The van der Waals surface area contributed by atoms with Gasteiger partial charge in [-0.2, -0.15) is 0 Å². The fourth-order valence-electron chi connectivity index (χ4n) is 2.93. The normalized spacial score (nSPS) is 10.5. The van der Waals surface area contributed by atoms with E-state index in [1.54, 1.807) is 24.4 Å². The summed E-state index contributed by atoms with van der Waals surface area (Å²) in [4.78, 5) is 29.6. The van der Waals surface area contributed by atoms with Crippen LogP contribution in [0.15, 0.2) is 60.9 Å². The number of hydrogen-bond donors (Lipinski definition) is 3. The molecule has 0 aliphatic rings. The summed E-state index contributed by atoms with van der Waals surface area (Å²) in [7, 11) is 0. The Labute approximate surface area is 171 Å². The maximum atomic E-state index is 13.0. The van der Waals surface area contributed by atoms with E-state index >= 15 is 0 Å². The average molecular weight is 412 g/mol.